The summed E-state index contributed by atoms with van der Waals surface area (Å²) in [5.74, 6) is -1.28. The monoisotopic (exact) mass is 706 g/mol. The van der Waals surface area contributed by atoms with Gasteiger partial charge in [-0.05, 0) is 68.2 Å². The van der Waals surface area contributed by atoms with E-state index < -0.39 is 27.9 Å². The van der Waals surface area contributed by atoms with Crippen molar-refractivity contribution in [3.8, 4) is 0 Å². The summed E-state index contributed by atoms with van der Waals surface area (Å²) in [7, 11) is 0. The second-order valence-corrected chi connectivity index (χ2v) is 13.7. The third-order valence-electron chi connectivity index (χ3n) is 10.5. The highest BCUT2D eigenvalue weighted by molar-refractivity contribution is 6.08. The molecule has 4 heterocycles. The molecule has 270 valence electrons. The number of aliphatic hydroxyl groups is 2. The number of nitrogens with zero attached hydrogens (tertiary/aromatic N) is 7. The normalized spacial score (nSPS) is 20.3. The Labute approximate surface area is 301 Å². The van der Waals surface area contributed by atoms with Crippen LogP contribution in [0.1, 0.15) is 43.0 Å². The highest BCUT2D eigenvalue weighted by Crippen LogP contribution is 2.47. The van der Waals surface area contributed by atoms with E-state index in [1.807, 2.05) is 60.7 Å². The Balaban J connectivity index is 1.14. The van der Waals surface area contributed by atoms with Gasteiger partial charge in [-0.25, -0.2) is 0 Å². The summed E-state index contributed by atoms with van der Waals surface area (Å²) in [6.07, 6.45) is 7.64. The van der Waals surface area contributed by atoms with Gasteiger partial charge in [-0.15, -0.1) is 5.10 Å². The molecule has 14 heteroatoms. The minimum absolute atomic E-state index is 0.0187. The Kier molecular flexibility index (Phi) is 9.62. The van der Waals surface area contributed by atoms with Crippen LogP contribution in [0, 0.1) is 16.0 Å². The molecule has 4 aromatic rings. The number of anilines is 3. The number of aromatic nitrogens is 3. The van der Waals surface area contributed by atoms with E-state index in [0.717, 1.165) is 24.3 Å². The number of carbonyl (C=O) groups excluding carboxylic acids is 2. The molecule has 14 nitrogen and oxygen atoms in total. The fraction of sp³-hybridized carbons (Fsp3) is 0.368. The molecule has 0 aliphatic carbocycles. The van der Waals surface area contributed by atoms with Gasteiger partial charge < -0.3 is 25.3 Å². The molecule has 3 aliphatic rings. The standard InChI is InChI=1S/C38H42N8O6/c1-27(8-5-6-20-42-25-29(15-21-47)40-41-42)38(50)33-23-32(46(51)52)13-14-34(33)43(36(38)49)24-28-9-7-12-31(22-28)44-26-45(30-10-3-2-4-11-30)37(35(44)48)16-18-39-19-17-37/h2-5,7-14,22-23,25,27,39,47,50H,6,15-21,24,26H2,1H3/b8-5+/t27-,38+/m0/s1. The zero-order valence-electron chi connectivity index (χ0n) is 29.0. The Morgan fingerprint density at radius 1 is 1.02 bits per heavy atom. The molecule has 7 rings (SSSR count). The number of aryl methyl sites for hydroxylation is 1. The van der Waals surface area contributed by atoms with E-state index in [2.05, 4.69) is 20.5 Å². The van der Waals surface area contributed by atoms with Crippen LogP contribution in [-0.2, 0) is 34.7 Å². The molecule has 1 spiro atoms. The van der Waals surface area contributed by atoms with Crippen molar-refractivity contribution in [3.63, 3.8) is 0 Å². The summed E-state index contributed by atoms with van der Waals surface area (Å²) < 4.78 is 1.66. The van der Waals surface area contributed by atoms with Crippen molar-refractivity contribution in [1.82, 2.24) is 20.3 Å². The lowest BCUT2D eigenvalue weighted by Gasteiger charge is -2.39. The summed E-state index contributed by atoms with van der Waals surface area (Å²) in [6.45, 7) is 4.13. The van der Waals surface area contributed by atoms with Crippen molar-refractivity contribution >= 4 is 34.6 Å². The molecule has 0 radical (unpaired) electrons. The highest BCUT2D eigenvalue weighted by atomic mass is 16.6. The first-order chi connectivity index (χ1) is 25.2. The molecule has 3 N–H and O–H groups in total. The fourth-order valence-corrected chi connectivity index (χ4v) is 7.70. The number of allylic oxidation sites excluding steroid dienone is 1. The number of amides is 2. The molecule has 0 bridgehead atoms. The lowest BCUT2D eigenvalue weighted by Crippen LogP contribution is -2.55. The first-order valence-corrected chi connectivity index (χ1v) is 17.6. The molecular weight excluding hydrogens is 664 g/mol. The SMILES string of the molecule is C[C@@H](/C=C/CCn1cc(CCO)nn1)[C@]1(O)C(=O)N(Cc2cccc(N3CN(c4ccccc4)C4(CCNCC4)C3=O)c2)c2ccc([N+](=O)[O-])cc21. The quantitative estimate of drug-likeness (QED) is 0.112. The van der Waals surface area contributed by atoms with E-state index in [1.165, 1.54) is 23.1 Å². The maximum Gasteiger partial charge on any atom is 0.269 e. The van der Waals surface area contributed by atoms with Crippen molar-refractivity contribution in [2.45, 2.75) is 56.8 Å². The van der Waals surface area contributed by atoms with Crippen molar-refractivity contribution < 1.29 is 24.7 Å². The number of nitrogens with one attached hydrogen (secondary N) is 1. The van der Waals surface area contributed by atoms with Crippen LogP contribution in [0.2, 0.25) is 0 Å². The molecule has 52 heavy (non-hydrogen) atoms. The number of hydrogen-bond acceptors (Lipinski definition) is 10. The van der Waals surface area contributed by atoms with Crippen LogP contribution in [0.15, 0.2) is 91.1 Å². The second-order valence-electron chi connectivity index (χ2n) is 13.7. The molecule has 2 atom stereocenters. The minimum Gasteiger partial charge on any atom is -0.396 e. The lowest BCUT2D eigenvalue weighted by molar-refractivity contribution is -0.385. The molecule has 3 aromatic carbocycles. The van der Waals surface area contributed by atoms with Crippen LogP contribution in [0.25, 0.3) is 0 Å². The smallest absolute Gasteiger partial charge is 0.269 e. The predicted molar refractivity (Wildman–Crippen MR) is 194 cm³/mol. The predicted octanol–water partition coefficient (Wildman–Crippen LogP) is 3.67. The molecule has 2 amide bonds. The first kappa shape index (κ1) is 35.0. The summed E-state index contributed by atoms with van der Waals surface area (Å²) in [5, 5.41) is 44.6. The third kappa shape index (κ3) is 6.22. The van der Waals surface area contributed by atoms with Gasteiger partial charge in [-0.3, -0.25) is 29.3 Å². The van der Waals surface area contributed by atoms with E-state index in [0.29, 0.717) is 56.0 Å². The number of aliphatic hydroxyl groups excluding tert-OH is 1. The van der Waals surface area contributed by atoms with E-state index >= 15 is 0 Å². The molecular formula is C38H42N8O6. The molecule has 3 aliphatic heterocycles. The summed E-state index contributed by atoms with van der Waals surface area (Å²) in [5.41, 5.74) is 0.725. The van der Waals surface area contributed by atoms with Crippen molar-refractivity contribution in [1.29, 1.82) is 0 Å². The van der Waals surface area contributed by atoms with E-state index in [-0.39, 0.29) is 30.3 Å². The number of piperidine rings is 1. The highest BCUT2D eigenvalue weighted by Gasteiger charge is 2.54. The van der Waals surface area contributed by atoms with Gasteiger partial charge >= 0.3 is 0 Å². The van der Waals surface area contributed by atoms with Crippen LogP contribution < -0.4 is 20.0 Å². The van der Waals surface area contributed by atoms with Crippen LogP contribution in [0.5, 0.6) is 0 Å². The van der Waals surface area contributed by atoms with Gasteiger partial charge in [0.15, 0.2) is 5.60 Å². The van der Waals surface area contributed by atoms with Crippen molar-refractivity contribution in [2.24, 2.45) is 5.92 Å². The lowest BCUT2D eigenvalue weighted by atomic mass is 9.82. The molecule has 2 fully saturated rings. The number of para-hydroxylation sites is 1. The Morgan fingerprint density at radius 2 is 1.79 bits per heavy atom. The molecule has 0 saturated carbocycles. The van der Waals surface area contributed by atoms with Gasteiger partial charge in [0.2, 0.25) is 0 Å². The van der Waals surface area contributed by atoms with E-state index in [9.17, 15) is 24.8 Å². The zero-order valence-corrected chi connectivity index (χ0v) is 29.0. The third-order valence-corrected chi connectivity index (χ3v) is 10.5. The Hall–Kier alpha value is -5.44. The number of fused-ring (bicyclic) bond motifs is 1. The number of carbonyl (C=O) groups is 2. The summed E-state index contributed by atoms with van der Waals surface area (Å²) in [4.78, 5) is 45.3. The number of rotatable bonds is 12. The van der Waals surface area contributed by atoms with Gasteiger partial charge in [-0.1, -0.05) is 54.6 Å². The topological polar surface area (TPSA) is 170 Å². The van der Waals surface area contributed by atoms with Gasteiger partial charge in [0.05, 0.1) is 29.5 Å². The number of nitro benzene ring substituents is 1. The van der Waals surface area contributed by atoms with E-state index in [1.54, 1.807) is 28.8 Å². The Morgan fingerprint density at radius 3 is 2.54 bits per heavy atom. The number of benzene rings is 3. The molecule has 0 unspecified atom stereocenters. The van der Waals surface area contributed by atoms with Gasteiger partial charge in [0.1, 0.15) is 5.54 Å². The minimum atomic E-state index is -2.06. The molecule has 1 aromatic heterocycles. The number of non-ortho nitro benzene ring substituents is 1. The number of hydrogen-bond donors (Lipinski definition) is 3. The van der Waals surface area contributed by atoms with Gasteiger partial charge in [0, 0.05) is 60.8 Å². The van der Waals surface area contributed by atoms with Crippen LogP contribution in [0.4, 0.5) is 22.7 Å². The average molecular weight is 707 g/mol. The van der Waals surface area contributed by atoms with Crippen molar-refractivity contribution in [2.75, 3.05) is 41.1 Å². The van der Waals surface area contributed by atoms with Crippen LogP contribution >= 0.6 is 0 Å². The van der Waals surface area contributed by atoms with Gasteiger partial charge in [0.25, 0.3) is 17.5 Å². The Bertz CT molecular complexity index is 1990. The van der Waals surface area contributed by atoms with Crippen molar-refractivity contribution in [3.05, 3.63) is 118 Å². The van der Waals surface area contributed by atoms with Crippen LogP contribution in [0.3, 0.4) is 0 Å². The second kappa shape index (κ2) is 14.3. The fourth-order valence-electron chi connectivity index (χ4n) is 7.70. The molecule has 2 saturated heterocycles. The first-order valence-electron chi connectivity index (χ1n) is 17.6. The number of nitro groups is 1. The van der Waals surface area contributed by atoms with Gasteiger partial charge in [-0.2, -0.15) is 0 Å². The average Bonchev–Trinajstić information content (AvgIpc) is 3.79. The largest absolute Gasteiger partial charge is 0.396 e. The zero-order chi connectivity index (χ0) is 36.5. The summed E-state index contributed by atoms with van der Waals surface area (Å²) in [6, 6.07) is 21.6. The summed E-state index contributed by atoms with van der Waals surface area (Å²) >= 11 is 0. The maximum atomic E-state index is 14.3. The van der Waals surface area contributed by atoms with E-state index in [4.69, 9.17) is 5.11 Å². The van der Waals surface area contributed by atoms with Crippen LogP contribution in [-0.4, -0.2) is 73.8 Å². The maximum absolute atomic E-state index is 14.3.